The summed E-state index contributed by atoms with van der Waals surface area (Å²) in [5.41, 5.74) is 1.05. The van der Waals surface area contributed by atoms with Gasteiger partial charge in [-0.3, -0.25) is 0 Å². The third-order valence-electron chi connectivity index (χ3n) is 3.33. The smallest absolute Gasteiger partial charge is 0.407 e. The molecule has 104 valence electrons. The lowest BCUT2D eigenvalue weighted by Crippen LogP contribution is -2.39. The van der Waals surface area contributed by atoms with Crippen molar-refractivity contribution in [3.8, 4) is 0 Å². The van der Waals surface area contributed by atoms with Gasteiger partial charge in [0.25, 0.3) is 0 Å². The summed E-state index contributed by atoms with van der Waals surface area (Å²) >= 11 is 0. The molecule has 0 aliphatic carbocycles. The van der Waals surface area contributed by atoms with Gasteiger partial charge in [0.2, 0.25) is 0 Å². The normalized spacial score (nSPS) is 23.9. The van der Waals surface area contributed by atoms with Crippen molar-refractivity contribution in [3.05, 3.63) is 35.9 Å². The Labute approximate surface area is 112 Å². The van der Waals surface area contributed by atoms with Crippen molar-refractivity contribution in [2.24, 2.45) is 0 Å². The van der Waals surface area contributed by atoms with Crippen molar-refractivity contribution in [2.45, 2.75) is 31.7 Å². The largest absolute Gasteiger partial charge is 0.465 e. The van der Waals surface area contributed by atoms with Gasteiger partial charge in [0, 0.05) is 6.54 Å². The number of hydrogen-bond acceptors (Lipinski definition) is 3. The molecule has 2 rings (SSSR count). The molecule has 1 fully saturated rings. The second kappa shape index (κ2) is 6.54. The number of aliphatic hydroxyl groups is 1. The molecule has 1 aliphatic rings. The van der Waals surface area contributed by atoms with Crippen LogP contribution in [0.4, 0.5) is 4.79 Å². The SMILES string of the molecule is O=C(O)N1CCC[C@@H](OCc2ccccc2)[C@H](O)C1. The van der Waals surface area contributed by atoms with Gasteiger partial charge in [-0.15, -0.1) is 0 Å². The Morgan fingerprint density at radius 1 is 1.37 bits per heavy atom. The van der Waals surface area contributed by atoms with Crippen LogP contribution in [0.2, 0.25) is 0 Å². The summed E-state index contributed by atoms with van der Waals surface area (Å²) in [6.07, 6.45) is -0.657. The van der Waals surface area contributed by atoms with E-state index < -0.39 is 12.2 Å². The molecule has 1 saturated heterocycles. The van der Waals surface area contributed by atoms with E-state index in [9.17, 15) is 9.90 Å². The maximum Gasteiger partial charge on any atom is 0.407 e. The van der Waals surface area contributed by atoms with Crippen LogP contribution in [0, 0.1) is 0 Å². The summed E-state index contributed by atoms with van der Waals surface area (Å²) in [5.74, 6) is 0. The lowest BCUT2D eigenvalue weighted by atomic mass is 10.1. The topological polar surface area (TPSA) is 70.0 Å². The number of carbonyl (C=O) groups is 1. The molecular formula is C14H19NO4. The zero-order valence-electron chi connectivity index (χ0n) is 10.7. The van der Waals surface area contributed by atoms with Gasteiger partial charge < -0.3 is 19.8 Å². The number of aliphatic hydroxyl groups excluding tert-OH is 1. The zero-order valence-corrected chi connectivity index (χ0v) is 10.7. The van der Waals surface area contributed by atoms with Gasteiger partial charge in [0.15, 0.2) is 0 Å². The molecule has 0 radical (unpaired) electrons. The second-order valence-corrected chi connectivity index (χ2v) is 4.77. The highest BCUT2D eigenvalue weighted by Crippen LogP contribution is 2.16. The molecule has 5 heteroatoms. The van der Waals surface area contributed by atoms with Gasteiger partial charge in [-0.2, -0.15) is 0 Å². The summed E-state index contributed by atoms with van der Waals surface area (Å²) < 4.78 is 5.72. The summed E-state index contributed by atoms with van der Waals surface area (Å²) in [6, 6.07) is 9.75. The molecule has 19 heavy (non-hydrogen) atoms. The average Bonchev–Trinajstić information content (AvgIpc) is 2.60. The van der Waals surface area contributed by atoms with E-state index in [1.807, 2.05) is 30.3 Å². The van der Waals surface area contributed by atoms with Crippen LogP contribution >= 0.6 is 0 Å². The minimum Gasteiger partial charge on any atom is -0.465 e. The quantitative estimate of drug-likeness (QED) is 0.872. The molecule has 1 aromatic carbocycles. The van der Waals surface area contributed by atoms with Crippen molar-refractivity contribution in [1.29, 1.82) is 0 Å². The van der Waals surface area contributed by atoms with Crippen LogP contribution in [0.5, 0.6) is 0 Å². The number of ether oxygens (including phenoxy) is 1. The highest BCUT2D eigenvalue weighted by Gasteiger charge is 2.28. The van der Waals surface area contributed by atoms with Gasteiger partial charge >= 0.3 is 6.09 Å². The van der Waals surface area contributed by atoms with Gasteiger partial charge in [0.1, 0.15) is 0 Å². The first-order chi connectivity index (χ1) is 9.16. The molecular weight excluding hydrogens is 246 g/mol. The van der Waals surface area contributed by atoms with Crippen LogP contribution in [0.3, 0.4) is 0 Å². The third-order valence-corrected chi connectivity index (χ3v) is 3.33. The van der Waals surface area contributed by atoms with Gasteiger partial charge in [-0.25, -0.2) is 4.79 Å². The first-order valence-electron chi connectivity index (χ1n) is 6.48. The van der Waals surface area contributed by atoms with Crippen LogP contribution in [-0.4, -0.2) is 46.5 Å². The Hall–Kier alpha value is -1.59. The fourth-order valence-corrected chi connectivity index (χ4v) is 2.26. The Morgan fingerprint density at radius 2 is 2.11 bits per heavy atom. The molecule has 2 N–H and O–H groups in total. The maximum absolute atomic E-state index is 10.9. The molecule has 0 unspecified atom stereocenters. The first kappa shape index (κ1) is 13.8. The maximum atomic E-state index is 10.9. The monoisotopic (exact) mass is 265 g/mol. The van der Waals surface area contributed by atoms with Crippen LogP contribution in [0.1, 0.15) is 18.4 Å². The molecule has 1 aromatic rings. The molecule has 2 atom stereocenters. The van der Waals surface area contributed by atoms with Gasteiger partial charge in [-0.05, 0) is 18.4 Å². The van der Waals surface area contributed by atoms with Crippen molar-refractivity contribution < 1.29 is 19.7 Å². The fraction of sp³-hybridized carbons (Fsp3) is 0.500. The number of likely N-dealkylation sites (tertiary alicyclic amines) is 1. The highest BCUT2D eigenvalue weighted by atomic mass is 16.5. The molecule has 1 aliphatic heterocycles. The standard InChI is InChI=1S/C14H19NO4/c16-12-9-15(14(17)18)8-4-7-13(12)19-10-11-5-2-1-3-6-11/h1-3,5-6,12-13,16H,4,7-10H2,(H,17,18)/t12-,13-/m1/s1. The van der Waals surface area contributed by atoms with E-state index in [4.69, 9.17) is 9.84 Å². The predicted octanol–water partition coefficient (Wildman–Crippen LogP) is 1.71. The summed E-state index contributed by atoms with van der Waals surface area (Å²) in [4.78, 5) is 12.2. The Bertz CT molecular complexity index is 409. The molecule has 0 bridgehead atoms. The molecule has 0 spiro atoms. The fourth-order valence-electron chi connectivity index (χ4n) is 2.26. The third kappa shape index (κ3) is 3.94. The minimum atomic E-state index is -0.984. The second-order valence-electron chi connectivity index (χ2n) is 4.77. The van der Waals surface area contributed by atoms with E-state index in [0.29, 0.717) is 26.0 Å². The van der Waals surface area contributed by atoms with Gasteiger partial charge in [-0.1, -0.05) is 30.3 Å². The lowest BCUT2D eigenvalue weighted by molar-refractivity contribution is -0.0493. The summed E-state index contributed by atoms with van der Waals surface area (Å²) in [6.45, 7) is 1.02. The predicted molar refractivity (Wildman–Crippen MR) is 69.9 cm³/mol. The van der Waals surface area contributed by atoms with Gasteiger partial charge in [0.05, 0.1) is 25.4 Å². The number of hydrogen-bond donors (Lipinski definition) is 2. The van der Waals surface area contributed by atoms with Crippen LogP contribution in [-0.2, 0) is 11.3 Å². The Kier molecular flexibility index (Phi) is 4.76. The summed E-state index contributed by atoms with van der Waals surface area (Å²) in [7, 11) is 0. The van der Waals surface area contributed by atoms with E-state index in [2.05, 4.69) is 0 Å². The van der Waals surface area contributed by atoms with Crippen LogP contribution in [0.15, 0.2) is 30.3 Å². The minimum absolute atomic E-state index is 0.120. The molecule has 0 aromatic heterocycles. The molecule has 0 saturated carbocycles. The molecule has 1 amide bonds. The number of β-amino-alcohol motifs (C(OH)–C–C–N with tert-alkyl or cyclic N) is 1. The average molecular weight is 265 g/mol. The number of carboxylic acid groups (broad SMARTS) is 1. The van der Waals surface area contributed by atoms with E-state index in [1.165, 1.54) is 4.90 Å². The zero-order chi connectivity index (χ0) is 13.7. The van der Waals surface area contributed by atoms with Crippen molar-refractivity contribution in [3.63, 3.8) is 0 Å². The number of nitrogens with zero attached hydrogens (tertiary/aromatic N) is 1. The molecule has 5 nitrogen and oxygen atoms in total. The van der Waals surface area contributed by atoms with E-state index in [-0.39, 0.29) is 12.6 Å². The summed E-state index contributed by atoms with van der Waals surface area (Å²) in [5, 5.41) is 19.0. The number of rotatable bonds is 3. The lowest BCUT2D eigenvalue weighted by Gasteiger charge is -2.23. The van der Waals surface area contributed by atoms with Crippen LogP contribution < -0.4 is 0 Å². The van der Waals surface area contributed by atoms with E-state index in [0.717, 1.165) is 5.56 Å². The molecule has 1 heterocycles. The highest BCUT2D eigenvalue weighted by molar-refractivity contribution is 5.65. The van der Waals surface area contributed by atoms with Crippen molar-refractivity contribution in [2.75, 3.05) is 13.1 Å². The first-order valence-corrected chi connectivity index (χ1v) is 6.48. The van der Waals surface area contributed by atoms with E-state index in [1.54, 1.807) is 0 Å². The Morgan fingerprint density at radius 3 is 2.79 bits per heavy atom. The number of benzene rings is 1. The Balaban J connectivity index is 1.88. The van der Waals surface area contributed by atoms with Crippen molar-refractivity contribution in [1.82, 2.24) is 4.90 Å². The number of amides is 1. The van der Waals surface area contributed by atoms with Crippen molar-refractivity contribution >= 4 is 6.09 Å². The van der Waals surface area contributed by atoms with E-state index >= 15 is 0 Å². The van der Waals surface area contributed by atoms with Crippen LogP contribution in [0.25, 0.3) is 0 Å².